The summed E-state index contributed by atoms with van der Waals surface area (Å²) in [5, 5.41) is 3.68. The number of amides is 1. The molecule has 1 N–H and O–H groups in total. The number of rotatable bonds is 3. The van der Waals surface area contributed by atoms with E-state index < -0.39 is 21.8 Å². The van der Waals surface area contributed by atoms with Crippen molar-refractivity contribution in [1.29, 1.82) is 0 Å². The monoisotopic (exact) mass is 459 g/mol. The van der Waals surface area contributed by atoms with E-state index in [-0.39, 0.29) is 32.3 Å². The molecule has 0 aliphatic carbocycles. The largest absolute Gasteiger partial charge is 0.345 e. The van der Waals surface area contributed by atoms with E-state index in [9.17, 15) is 18.0 Å². The molecule has 1 atom stereocenters. The van der Waals surface area contributed by atoms with Crippen LogP contribution in [0.2, 0.25) is 10.0 Å². The van der Waals surface area contributed by atoms with Crippen molar-refractivity contribution in [2.45, 2.75) is 22.8 Å². The molecule has 0 saturated heterocycles. The predicted octanol–water partition coefficient (Wildman–Crippen LogP) is 4.86. The summed E-state index contributed by atoms with van der Waals surface area (Å²) in [6.07, 6.45) is 0. The standard InChI is InChI=1S/C22H15Cl2NO4S/c1-12(15-9-7-14(23)11-18(15)24)25-22(27)13-6-8-17-20(10-13)30(28,29)19-5-3-2-4-16(19)21(17)26/h2-12H,1H3,(H,25,27)/t12-/m1/s1. The molecular formula is C22H15Cl2NO4S. The van der Waals surface area contributed by atoms with Crippen molar-refractivity contribution in [3.63, 3.8) is 0 Å². The first-order valence-corrected chi connectivity index (χ1v) is 11.2. The molecule has 0 spiro atoms. The van der Waals surface area contributed by atoms with Gasteiger partial charge in [-0.05, 0) is 55.0 Å². The van der Waals surface area contributed by atoms with Gasteiger partial charge in [0.05, 0.1) is 15.8 Å². The maximum atomic E-state index is 13.0. The lowest BCUT2D eigenvalue weighted by Gasteiger charge is -2.20. The molecule has 0 radical (unpaired) electrons. The molecule has 0 saturated carbocycles. The van der Waals surface area contributed by atoms with Gasteiger partial charge in [-0.25, -0.2) is 8.42 Å². The third-order valence-electron chi connectivity index (χ3n) is 4.98. The van der Waals surface area contributed by atoms with Gasteiger partial charge < -0.3 is 5.32 Å². The topological polar surface area (TPSA) is 80.3 Å². The van der Waals surface area contributed by atoms with Crippen LogP contribution in [-0.4, -0.2) is 20.1 Å². The Morgan fingerprint density at radius 2 is 1.63 bits per heavy atom. The van der Waals surface area contributed by atoms with Crippen molar-refractivity contribution in [3.8, 4) is 0 Å². The van der Waals surface area contributed by atoms with Crippen LogP contribution in [0.15, 0.2) is 70.5 Å². The van der Waals surface area contributed by atoms with E-state index in [2.05, 4.69) is 5.32 Å². The van der Waals surface area contributed by atoms with E-state index in [0.717, 1.165) is 0 Å². The third kappa shape index (κ3) is 3.41. The van der Waals surface area contributed by atoms with Crippen molar-refractivity contribution in [1.82, 2.24) is 5.32 Å². The number of carbonyl (C=O) groups is 2. The summed E-state index contributed by atoms with van der Waals surface area (Å²) < 4.78 is 26.0. The molecule has 0 fully saturated rings. The highest BCUT2D eigenvalue weighted by molar-refractivity contribution is 7.91. The van der Waals surface area contributed by atoms with Gasteiger partial charge in [0.2, 0.25) is 9.84 Å². The second kappa shape index (κ2) is 7.54. The quantitative estimate of drug-likeness (QED) is 0.474. The minimum atomic E-state index is -3.92. The van der Waals surface area contributed by atoms with Gasteiger partial charge in [0, 0.05) is 26.7 Å². The van der Waals surface area contributed by atoms with E-state index in [1.165, 1.54) is 30.3 Å². The molecule has 8 heteroatoms. The van der Waals surface area contributed by atoms with Crippen molar-refractivity contribution >= 4 is 44.7 Å². The number of sulfone groups is 1. The molecule has 1 aliphatic heterocycles. The molecular weight excluding hydrogens is 445 g/mol. The van der Waals surface area contributed by atoms with Gasteiger partial charge in [-0.2, -0.15) is 0 Å². The van der Waals surface area contributed by atoms with Crippen molar-refractivity contribution in [2.75, 3.05) is 0 Å². The number of fused-ring (bicyclic) bond motifs is 2. The molecule has 5 nitrogen and oxygen atoms in total. The Labute approximate surface area is 183 Å². The summed E-state index contributed by atoms with van der Waals surface area (Å²) in [6, 6.07) is 14.6. The minimum Gasteiger partial charge on any atom is -0.345 e. The van der Waals surface area contributed by atoms with Crippen LogP contribution in [0.3, 0.4) is 0 Å². The normalized spacial score (nSPS) is 15.1. The average molecular weight is 460 g/mol. The number of benzene rings is 3. The highest BCUT2D eigenvalue weighted by atomic mass is 35.5. The van der Waals surface area contributed by atoms with Gasteiger partial charge in [0.1, 0.15) is 0 Å². The van der Waals surface area contributed by atoms with Crippen LogP contribution in [-0.2, 0) is 9.84 Å². The van der Waals surface area contributed by atoms with E-state index >= 15 is 0 Å². The zero-order valence-electron chi connectivity index (χ0n) is 15.6. The summed E-state index contributed by atoms with van der Waals surface area (Å²) in [5.74, 6) is -0.874. The Morgan fingerprint density at radius 1 is 0.933 bits per heavy atom. The smallest absolute Gasteiger partial charge is 0.251 e. The van der Waals surface area contributed by atoms with Crippen molar-refractivity contribution < 1.29 is 18.0 Å². The van der Waals surface area contributed by atoms with Gasteiger partial charge in [-0.1, -0.05) is 41.4 Å². The first-order chi connectivity index (χ1) is 14.2. The van der Waals surface area contributed by atoms with Crippen molar-refractivity contribution in [2.24, 2.45) is 0 Å². The summed E-state index contributed by atoms with van der Waals surface area (Å²) >= 11 is 12.1. The van der Waals surface area contributed by atoms with Gasteiger partial charge in [0.15, 0.2) is 5.78 Å². The first-order valence-electron chi connectivity index (χ1n) is 8.99. The minimum absolute atomic E-state index is 0.0543. The fourth-order valence-electron chi connectivity index (χ4n) is 3.44. The zero-order valence-corrected chi connectivity index (χ0v) is 18.0. The Hall–Kier alpha value is -2.67. The highest BCUT2D eigenvalue weighted by Gasteiger charge is 2.35. The maximum Gasteiger partial charge on any atom is 0.251 e. The number of nitrogens with one attached hydrogen (secondary N) is 1. The fourth-order valence-corrected chi connectivity index (χ4v) is 5.69. The number of hydrogen-bond donors (Lipinski definition) is 1. The lowest BCUT2D eigenvalue weighted by atomic mass is 10.0. The number of hydrogen-bond acceptors (Lipinski definition) is 4. The van der Waals surface area contributed by atoms with Crippen LogP contribution in [0.5, 0.6) is 0 Å². The summed E-state index contributed by atoms with van der Waals surface area (Å²) in [7, 11) is -3.92. The Balaban J connectivity index is 1.68. The van der Waals surface area contributed by atoms with Gasteiger partial charge in [0.25, 0.3) is 5.91 Å². The van der Waals surface area contributed by atoms with E-state index in [1.54, 1.807) is 37.3 Å². The molecule has 3 aromatic rings. The van der Waals surface area contributed by atoms with Crippen LogP contribution < -0.4 is 5.32 Å². The van der Waals surface area contributed by atoms with Gasteiger partial charge in [-0.15, -0.1) is 0 Å². The average Bonchev–Trinajstić information content (AvgIpc) is 2.72. The molecule has 0 bridgehead atoms. The molecule has 1 heterocycles. The Morgan fingerprint density at radius 3 is 2.37 bits per heavy atom. The fraction of sp³-hybridized carbons (Fsp3) is 0.0909. The third-order valence-corrected chi connectivity index (χ3v) is 7.39. The Kier molecular flexibility index (Phi) is 5.18. The van der Waals surface area contributed by atoms with E-state index in [4.69, 9.17) is 23.2 Å². The molecule has 0 aromatic heterocycles. The summed E-state index contributed by atoms with van der Waals surface area (Å²) in [5.41, 5.74) is 0.984. The lowest BCUT2D eigenvalue weighted by Crippen LogP contribution is -2.28. The van der Waals surface area contributed by atoms with Crippen LogP contribution >= 0.6 is 23.2 Å². The van der Waals surface area contributed by atoms with Crippen LogP contribution in [0.1, 0.15) is 44.8 Å². The molecule has 4 rings (SSSR count). The van der Waals surface area contributed by atoms with Crippen LogP contribution in [0.25, 0.3) is 0 Å². The first kappa shape index (κ1) is 20.6. The van der Waals surface area contributed by atoms with E-state index in [1.807, 2.05) is 0 Å². The second-order valence-corrected chi connectivity index (χ2v) is 9.63. The molecule has 30 heavy (non-hydrogen) atoms. The predicted molar refractivity (Wildman–Crippen MR) is 114 cm³/mol. The molecule has 1 amide bonds. The highest BCUT2D eigenvalue weighted by Crippen LogP contribution is 2.35. The number of halogens is 2. The molecule has 1 aliphatic rings. The lowest BCUT2D eigenvalue weighted by molar-refractivity contribution is 0.0938. The van der Waals surface area contributed by atoms with Crippen LogP contribution in [0.4, 0.5) is 0 Å². The summed E-state index contributed by atoms with van der Waals surface area (Å²) in [4.78, 5) is 25.3. The molecule has 3 aromatic carbocycles. The van der Waals surface area contributed by atoms with Gasteiger partial charge in [-0.3, -0.25) is 9.59 Å². The number of ketones is 1. The zero-order chi connectivity index (χ0) is 21.6. The molecule has 152 valence electrons. The second-order valence-electron chi connectivity index (χ2n) is 6.90. The number of carbonyl (C=O) groups excluding carboxylic acids is 2. The van der Waals surface area contributed by atoms with E-state index in [0.29, 0.717) is 15.6 Å². The molecule has 0 unspecified atom stereocenters. The summed E-state index contributed by atoms with van der Waals surface area (Å²) in [6.45, 7) is 1.75. The van der Waals surface area contributed by atoms with Crippen LogP contribution in [0, 0.1) is 0 Å². The Bertz CT molecular complexity index is 1320. The van der Waals surface area contributed by atoms with Gasteiger partial charge >= 0.3 is 0 Å². The maximum absolute atomic E-state index is 13.0. The SMILES string of the molecule is C[C@@H](NC(=O)c1ccc2c(c1)S(=O)(=O)c1ccccc1C2=O)c1ccc(Cl)cc1Cl. The van der Waals surface area contributed by atoms with Crippen molar-refractivity contribution in [3.05, 3.63) is 93.0 Å².